The van der Waals surface area contributed by atoms with Crippen molar-refractivity contribution >= 4 is 22.7 Å². The fourth-order valence-corrected chi connectivity index (χ4v) is 3.89. The van der Waals surface area contributed by atoms with Crippen molar-refractivity contribution in [2.75, 3.05) is 19.6 Å². The van der Waals surface area contributed by atoms with Gasteiger partial charge in [-0.25, -0.2) is 0 Å². The Morgan fingerprint density at radius 1 is 1.14 bits per heavy atom. The molecule has 3 aromatic rings. The molecule has 150 valence electrons. The molecule has 7 heteroatoms. The Bertz CT molecular complexity index is 1100. The summed E-state index contributed by atoms with van der Waals surface area (Å²) < 4.78 is 0. The molecule has 3 N–H and O–H groups in total. The standard InChI is InChI=1S/C22H24N4O3/c1-13-11-26(22(29)17-8-7-14(2)24-20(17)27)12-16(13)10-23-21(28)19-9-15-5-3-4-6-18(15)25-19/h3-9,13,16,25H,10-12H2,1-2H3,(H,23,28)(H,24,27). The number of amides is 2. The molecule has 1 saturated heterocycles. The Balaban J connectivity index is 1.39. The molecular formula is C22H24N4O3. The highest BCUT2D eigenvalue weighted by Crippen LogP contribution is 2.24. The number of aryl methyl sites for hydroxylation is 1. The quantitative estimate of drug-likeness (QED) is 0.635. The minimum absolute atomic E-state index is 0.136. The summed E-state index contributed by atoms with van der Waals surface area (Å²) in [5, 5.41) is 3.97. The summed E-state index contributed by atoms with van der Waals surface area (Å²) in [6.07, 6.45) is 0. The van der Waals surface area contributed by atoms with Crippen LogP contribution >= 0.6 is 0 Å². The molecule has 0 bridgehead atoms. The summed E-state index contributed by atoms with van der Waals surface area (Å²) in [5.41, 5.74) is 1.96. The summed E-state index contributed by atoms with van der Waals surface area (Å²) in [4.78, 5) is 44.8. The van der Waals surface area contributed by atoms with Crippen LogP contribution in [0.3, 0.4) is 0 Å². The van der Waals surface area contributed by atoms with Gasteiger partial charge in [-0.15, -0.1) is 0 Å². The van der Waals surface area contributed by atoms with Crippen molar-refractivity contribution in [1.82, 2.24) is 20.2 Å². The molecule has 1 aliphatic rings. The van der Waals surface area contributed by atoms with E-state index in [1.165, 1.54) is 0 Å². The normalized spacial score (nSPS) is 18.9. The van der Waals surface area contributed by atoms with Crippen LogP contribution in [0.5, 0.6) is 0 Å². The first kappa shape index (κ1) is 19.0. The van der Waals surface area contributed by atoms with Gasteiger partial charge in [-0.05, 0) is 43.0 Å². The Labute approximate surface area is 168 Å². The number of likely N-dealkylation sites (tertiary alicyclic amines) is 1. The van der Waals surface area contributed by atoms with E-state index in [-0.39, 0.29) is 34.8 Å². The average Bonchev–Trinajstić information content (AvgIpc) is 3.29. The predicted molar refractivity (Wildman–Crippen MR) is 111 cm³/mol. The lowest BCUT2D eigenvalue weighted by molar-refractivity contribution is 0.0782. The van der Waals surface area contributed by atoms with Crippen LogP contribution < -0.4 is 10.9 Å². The van der Waals surface area contributed by atoms with Gasteiger partial charge in [-0.3, -0.25) is 14.4 Å². The van der Waals surface area contributed by atoms with Gasteiger partial charge in [0.15, 0.2) is 0 Å². The van der Waals surface area contributed by atoms with Crippen molar-refractivity contribution in [3.05, 3.63) is 69.8 Å². The van der Waals surface area contributed by atoms with Crippen LogP contribution in [0.4, 0.5) is 0 Å². The highest BCUT2D eigenvalue weighted by atomic mass is 16.2. The summed E-state index contributed by atoms with van der Waals surface area (Å²) in [5.74, 6) is -0.0565. The number of aromatic nitrogens is 2. The van der Waals surface area contributed by atoms with Crippen molar-refractivity contribution in [2.45, 2.75) is 13.8 Å². The summed E-state index contributed by atoms with van der Waals surface area (Å²) in [7, 11) is 0. The van der Waals surface area contributed by atoms with Crippen molar-refractivity contribution < 1.29 is 9.59 Å². The SMILES string of the molecule is Cc1ccc(C(=O)N2CC(C)C(CNC(=O)c3cc4ccccc4[nH]3)C2)c(=O)[nH]1. The largest absolute Gasteiger partial charge is 0.351 e. The van der Waals surface area contributed by atoms with Crippen molar-refractivity contribution in [3.63, 3.8) is 0 Å². The number of H-pyrrole nitrogens is 2. The topological polar surface area (TPSA) is 98.1 Å². The van der Waals surface area contributed by atoms with Gasteiger partial charge in [-0.2, -0.15) is 0 Å². The molecule has 0 spiro atoms. The third-order valence-electron chi connectivity index (χ3n) is 5.64. The molecule has 0 saturated carbocycles. The molecule has 3 heterocycles. The molecule has 2 unspecified atom stereocenters. The number of carbonyl (C=O) groups excluding carboxylic acids is 2. The Hall–Kier alpha value is -3.35. The molecule has 2 amide bonds. The second kappa shape index (κ2) is 7.58. The van der Waals surface area contributed by atoms with Gasteiger partial charge >= 0.3 is 0 Å². The number of para-hydroxylation sites is 1. The first-order valence-corrected chi connectivity index (χ1v) is 9.77. The van der Waals surface area contributed by atoms with Crippen molar-refractivity contribution in [1.29, 1.82) is 0 Å². The minimum atomic E-state index is -0.363. The molecule has 0 radical (unpaired) electrons. The molecule has 7 nitrogen and oxygen atoms in total. The number of fused-ring (bicyclic) bond motifs is 1. The van der Waals surface area contributed by atoms with Gasteiger partial charge in [0, 0.05) is 36.2 Å². The Morgan fingerprint density at radius 2 is 1.93 bits per heavy atom. The predicted octanol–water partition coefficient (Wildman–Crippen LogP) is 2.30. The molecule has 4 rings (SSSR count). The molecule has 2 aromatic heterocycles. The lowest BCUT2D eigenvalue weighted by Crippen LogP contribution is -2.35. The smallest absolute Gasteiger partial charge is 0.267 e. The first-order chi connectivity index (χ1) is 13.9. The number of rotatable bonds is 4. The number of aromatic amines is 2. The maximum absolute atomic E-state index is 12.7. The lowest BCUT2D eigenvalue weighted by Gasteiger charge is -2.16. The number of hydrogen-bond acceptors (Lipinski definition) is 3. The number of pyridine rings is 1. The van der Waals surface area contributed by atoms with Crippen molar-refractivity contribution in [3.8, 4) is 0 Å². The fraction of sp³-hybridized carbons (Fsp3) is 0.318. The van der Waals surface area contributed by atoms with Crippen molar-refractivity contribution in [2.24, 2.45) is 11.8 Å². The van der Waals surface area contributed by atoms with E-state index in [1.54, 1.807) is 24.0 Å². The van der Waals surface area contributed by atoms with Gasteiger partial charge in [0.1, 0.15) is 11.3 Å². The van der Waals surface area contributed by atoms with Gasteiger partial charge in [-0.1, -0.05) is 25.1 Å². The fourth-order valence-electron chi connectivity index (χ4n) is 3.89. The lowest BCUT2D eigenvalue weighted by atomic mass is 9.98. The van der Waals surface area contributed by atoms with Crippen LogP contribution in [0.15, 0.2) is 47.3 Å². The van der Waals surface area contributed by atoms with E-state index in [0.717, 1.165) is 16.6 Å². The highest BCUT2D eigenvalue weighted by molar-refractivity contribution is 5.98. The minimum Gasteiger partial charge on any atom is -0.351 e. The number of nitrogens with one attached hydrogen (secondary N) is 3. The third-order valence-corrected chi connectivity index (χ3v) is 5.64. The summed E-state index contributed by atoms with van der Waals surface area (Å²) in [6.45, 7) is 5.40. The zero-order valence-electron chi connectivity index (χ0n) is 16.5. The summed E-state index contributed by atoms with van der Waals surface area (Å²) >= 11 is 0. The molecule has 1 fully saturated rings. The van der Waals surface area contributed by atoms with E-state index in [9.17, 15) is 14.4 Å². The molecular weight excluding hydrogens is 368 g/mol. The van der Waals surface area contributed by atoms with E-state index in [0.29, 0.717) is 25.3 Å². The number of hydrogen-bond donors (Lipinski definition) is 3. The van der Waals surface area contributed by atoms with Crippen LogP contribution in [0.1, 0.15) is 33.5 Å². The second-order valence-electron chi connectivity index (χ2n) is 7.81. The zero-order valence-corrected chi connectivity index (χ0v) is 16.5. The van der Waals surface area contributed by atoms with Gasteiger partial charge in [0.05, 0.1) is 0 Å². The molecule has 29 heavy (non-hydrogen) atoms. The third kappa shape index (κ3) is 3.81. The maximum atomic E-state index is 12.7. The molecule has 0 aliphatic carbocycles. The van der Waals surface area contributed by atoms with E-state index in [1.807, 2.05) is 30.3 Å². The monoisotopic (exact) mass is 392 g/mol. The van der Waals surface area contributed by atoms with Gasteiger partial charge in [0.2, 0.25) is 0 Å². The van der Waals surface area contributed by atoms with Crippen LogP contribution in [0.2, 0.25) is 0 Å². The van der Waals surface area contributed by atoms with E-state index in [2.05, 4.69) is 22.2 Å². The Kier molecular flexibility index (Phi) is 4.96. The van der Waals surface area contributed by atoms with Gasteiger partial charge < -0.3 is 20.2 Å². The van der Waals surface area contributed by atoms with Gasteiger partial charge in [0.25, 0.3) is 17.4 Å². The molecule has 1 aliphatic heterocycles. The van der Waals surface area contributed by atoms with Crippen LogP contribution in [0, 0.1) is 18.8 Å². The van der Waals surface area contributed by atoms with Crippen LogP contribution in [-0.4, -0.2) is 46.3 Å². The Morgan fingerprint density at radius 3 is 2.69 bits per heavy atom. The summed E-state index contributed by atoms with van der Waals surface area (Å²) in [6, 6.07) is 12.9. The van der Waals surface area contributed by atoms with E-state index < -0.39 is 0 Å². The van der Waals surface area contributed by atoms with Crippen LogP contribution in [0.25, 0.3) is 10.9 Å². The number of carbonyl (C=O) groups is 2. The molecule has 1 aromatic carbocycles. The molecule has 2 atom stereocenters. The van der Waals surface area contributed by atoms with E-state index >= 15 is 0 Å². The zero-order chi connectivity index (χ0) is 20.5. The maximum Gasteiger partial charge on any atom is 0.267 e. The van der Waals surface area contributed by atoms with E-state index in [4.69, 9.17) is 0 Å². The number of benzene rings is 1. The van der Waals surface area contributed by atoms with Crippen LogP contribution in [-0.2, 0) is 0 Å². The number of nitrogens with zero attached hydrogens (tertiary/aromatic N) is 1. The highest BCUT2D eigenvalue weighted by Gasteiger charge is 2.33. The average molecular weight is 392 g/mol. The first-order valence-electron chi connectivity index (χ1n) is 9.77. The second-order valence-corrected chi connectivity index (χ2v) is 7.81.